The van der Waals surface area contributed by atoms with Gasteiger partial charge in [-0.25, -0.2) is 9.28 Å². The molecular weight excluding hydrogens is 426 g/mol. The van der Waals surface area contributed by atoms with Gasteiger partial charge in [0.1, 0.15) is 11.8 Å². The standard InChI is InChI=1S/C28H37N3O3/c1-5-30(28(33)34)26-17-20(2)31(4,21(3)32)27-14-13-24(18-25(26)27)23-11-9-22(10-12-23)19-29-15-7-6-8-16-29/h9-14,18,20,26H,5-8,15-17,19H2,1-4H3/t20-,26+,31?/m0/s1. The van der Waals surface area contributed by atoms with Gasteiger partial charge in [-0.15, -0.1) is 0 Å². The van der Waals surface area contributed by atoms with E-state index in [1.165, 1.54) is 42.8 Å². The Morgan fingerprint density at radius 3 is 2.29 bits per heavy atom. The van der Waals surface area contributed by atoms with Gasteiger partial charge in [0.05, 0.1) is 26.1 Å². The van der Waals surface area contributed by atoms with E-state index in [-0.39, 0.29) is 22.5 Å². The Morgan fingerprint density at radius 2 is 1.71 bits per heavy atom. The molecule has 2 amide bonds. The average molecular weight is 464 g/mol. The molecule has 0 aromatic heterocycles. The molecule has 0 spiro atoms. The Hall–Kier alpha value is -2.70. The molecule has 1 fully saturated rings. The minimum Gasteiger partial charge on any atom is -0.530 e. The first-order valence-electron chi connectivity index (χ1n) is 12.6. The van der Waals surface area contributed by atoms with E-state index >= 15 is 0 Å². The Balaban J connectivity index is 1.69. The van der Waals surface area contributed by atoms with Crippen molar-refractivity contribution in [3.8, 4) is 11.1 Å². The lowest BCUT2D eigenvalue weighted by molar-refractivity contribution is -0.268. The van der Waals surface area contributed by atoms with Gasteiger partial charge >= 0.3 is 5.91 Å². The average Bonchev–Trinajstić information content (AvgIpc) is 2.83. The maximum atomic E-state index is 12.8. The molecule has 6 heteroatoms. The normalized spacial score (nSPS) is 24.9. The zero-order valence-electron chi connectivity index (χ0n) is 20.9. The molecule has 1 unspecified atom stereocenters. The summed E-state index contributed by atoms with van der Waals surface area (Å²) in [6, 6.07) is 14.5. The summed E-state index contributed by atoms with van der Waals surface area (Å²) in [4.78, 5) is 28.6. The van der Waals surface area contributed by atoms with Crippen LogP contribution in [0.5, 0.6) is 0 Å². The molecule has 2 aliphatic heterocycles. The van der Waals surface area contributed by atoms with Crippen molar-refractivity contribution >= 4 is 17.7 Å². The van der Waals surface area contributed by atoms with Gasteiger partial charge in [-0.1, -0.05) is 30.7 Å². The smallest absolute Gasteiger partial charge is 0.315 e. The third-order valence-corrected chi connectivity index (χ3v) is 8.08. The van der Waals surface area contributed by atoms with Crippen LogP contribution in [-0.2, 0) is 11.3 Å². The molecule has 0 bridgehead atoms. The molecular formula is C28H37N3O3. The van der Waals surface area contributed by atoms with Crippen molar-refractivity contribution in [2.24, 2.45) is 0 Å². The van der Waals surface area contributed by atoms with Crippen LogP contribution in [0.4, 0.5) is 10.5 Å². The summed E-state index contributed by atoms with van der Waals surface area (Å²) in [5, 5.41) is 11.9. The van der Waals surface area contributed by atoms with Gasteiger partial charge in [0.15, 0.2) is 0 Å². The molecule has 2 heterocycles. The van der Waals surface area contributed by atoms with E-state index in [0.717, 1.165) is 28.9 Å². The molecule has 0 saturated carbocycles. The van der Waals surface area contributed by atoms with Gasteiger partial charge in [0, 0.05) is 31.1 Å². The van der Waals surface area contributed by atoms with Crippen LogP contribution >= 0.6 is 0 Å². The fraction of sp³-hybridized carbons (Fsp3) is 0.500. The van der Waals surface area contributed by atoms with E-state index in [4.69, 9.17) is 0 Å². The molecule has 0 radical (unpaired) electrons. The highest BCUT2D eigenvalue weighted by Gasteiger charge is 2.47. The number of carbonyl (C=O) groups excluding carboxylic acids is 2. The molecule has 2 aromatic carbocycles. The summed E-state index contributed by atoms with van der Waals surface area (Å²) in [5.41, 5.74) is 5.21. The van der Waals surface area contributed by atoms with Crippen molar-refractivity contribution in [2.75, 3.05) is 26.7 Å². The number of rotatable bonds is 5. The Labute approximate surface area is 203 Å². The first-order valence-corrected chi connectivity index (χ1v) is 12.6. The van der Waals surface area contributed by atoms with Crippen molar-refractivity contribution in [1.29, 1.82) is 0 Å². The van der Waals surface area contributed by atoms with Crippen LogP contribution in [0.1, 0.15) is 63.6 Å². The van der Waals surface area contributed by atoms with E-state index in [1.54, 1.807) is 6.92 Å². The third-order valence-electron chi connectivity index (χ3n) is 8.08. The maximum absolute atomic E-state index is 12.8. The van der Waals surface area contributed by atoms with Crippen LogP contribution in [-0.4, -0.2) is 54.5 Å². The molecule has 182 valence electrons. The van der Waals surface area contributed by atoms with Gasteiger partial charge in [0.25, 0.3) is 0 Å². The summed E-state index contributed by atoms with van der Waals surface area (Å²) in [6.07, 6.45) is 3.30. The Kier molecular flexibility index (Phi) is 7.10. The van der Waals surface area contributed by atoms with Crippen molar-refractivity contribution in [3.05, 3.63) is 53.6 Å². The molecule has 4 rings (SSSR count). The van der Waals surface area contributed by atoms with Crippen LogP contribution in [0.25, 0.3) is 11.1 Å². The molecule has 1 saturated heterocycles. The molecule has 2 aliphatic rings. The van der Waals surface area contributed by atoms with E-state index < -0.39 is 6.09 Å². The molecule has 2 aromatic rings. The van der Waals surface area contributed by atoms with E-state index in [1.807, 2.05) is 27.0 Å². The second-order valence-corrected chi connectivity index (χ2v) is 10.1. The number of hydrogen-bond acceptors (Lipinski definition) is 4. The fourth-order valence-electron chi connectivity index (χ4n) is 5.75. The molecule has 3 atom stereocenters. The van der Waals surface area contributed by atoms with Crippen molar-refractivity contribution in [1.82, 2.24) is 14.3 Å². The summed E-state index contributed by atoms with van der Waals surface area (Å²) in [6.45, 7) is 9.15. The number of likely N-dealkylation sites (tertiary alicyclic amines) is 1. The topological polar surface area (TPSA) is 63.7 Å². The summed E-state index contributed by atoms with van der Waals surface area (Å²) < 4.78 is 0.172. The van der Waals surface area contributed by atoms with Gasteiger partial charge in [-0.05, 0) is 68.6 Å². The molecule has 34 heavy (non-hydrogen) atoms. The molecule has 6 nitrogen and oxygen atoms in total. The van der Waals surface area contributed by atoms with Gasteiger partial charge < -0.3 is 14.8 Å². The largest absolute Gasteiger partial charge is 0.530 e. The molecule has 0 aliphatic carbocycles. The number of quaternary nitrogens is 1. The van der Waals surface area contributed by atoms with Crippen LogP contribution in [0.3, 0.4) is 0 Å². The highest BCUT2D eigenvalue weighted by molar-refractivity contribution is 5.89. The number of hydrogen-bond donors (Lipinski definition) is 0. The lowest BCUT2D eigenvalue weighted by Gasteiger charge is -2.47. The minimum atomic E-state index is -1.17. The highest BCUT2D eigenvalue weighted by atomic mass is 16.4. The van der Waals surface area contributed by atoms with Crippen molar-refractivity contribution < 1.29 is 14.7 Å². The predicted octanol–water partition coefficient (Wildman–Crippen LogP) is 4.32. The van der Waals surface area contributed by atoms with Gasteiger partial charge in [0.2, 0.25) is 0 Å². The van der Waals surface area contributed by atoms with Crippen LogP contribution in [0.2, 0.25) is 0 Å². The monoisotopic (exact) mass is 463 g/mol. The zero-order chi connectivity index (χ0) is 24.5. The Bertz CT molecular complexity index is 1050. The number of nitrogens with zero attached hydrogens (tertiary/aromatic N) is 3. The van der Waals surface area contributed by atoms with Crippen LogP contribution < -0.4 is 9.59 Å². The second kappa shape index (κ2) is 9.88. The predicted molar refractivity (Wildman–Crippen MR) is 134 cm³/mol. The maximum Gasteiger partial charge on any atom is 0.315 e. The SMILES string of the molecule is CCN(C(=O)[O-])[C@@H]1C[C@H](C)[N+](C)(C(C)=O)c2ccc(-c3ccc(CN4CCCCC4)cc3)cc21. The lowest BCUT2D eigenvalue weighted by Crippen LogP contribution is -2.60. The number of amides is 2. The van der Waals surface area contributed by atoms with Crippen LogP contribution in [0.15, 0.2) is 42.5 Å². The first-order chi connectivity index (χ1) is 16.3. The third kappa shape index (κ3) is 4.49. The van der Waals surface area contributed by atoms with Crippen LogP contribution in [0, 0.1) is 0 Å². The first kappa shape index (κ1) is 24.4. The highest BCUT2D eigenvalue weighted by Crippen LogP contribution is 2.45. The molecule has 0 N–H and O–H groups in total. The summed E-state index contributed by atoms with van der Waals surface area (Å²) >= 11 is 0. The minimum absolute atomic E-state index is 0.0386. The van der Waals surface area contributed by atoms with Gasteiger partial charge in [-0.2, -0.15) is 0 Å². The van der Waals surface area contributed by atoms with E-state index in [9.17, 15) is 14.7 Å². The second-order valence-electron chi connectivity index (χ2n) is 10.1. The van der Waals surface area contributed by atoms with Crippen molar-refractivity contribution in [2.45, 2.75) is 65.1 Å². The quantitative estimate of drug-likeness (QED) is 0.620. The number of benzene rings is 2. The summed E-state index contributed by atoms with van der Waals surface area (Å²) in [7, 11) is 1.94. The fourth-order valence-corrected chi connectivity index (χ4v) is 5.75. The number of fused-ring (bicyclic) bond motifs is 1. The number of piperidine rings is 1. The van der Waals surface area contributed by atoms with Gasteiger partial charge in [-0.3, -0.25) is 4.90 Å². The lowest BCUT2D eigenvalue weighted by atomic mass is 9.86. The Morgan fingerprint density at radius 1 is 1.06 bits per heavy atom. The number of carboxylic acid groups (broad SMARTS) is 1. The van der Waals surface area contributed by atoms with E-state index in [0.29, 0.717) is 13.0 Å². The van der Waals surface area contributed by atoms with Crippen molar-refractivity contribution in [3.63, 3.8) is 0 Å². The number of carbonyl (C=O) groups is 2. The summed E-state index contributed by atoms with van der Waals surface area (Å²) in [5.74, 6) is 0.0542. The van der Waals surface area contributed by atoms with E-state index in [2.05, 4.69) is 41.3 Å². The zero-order valence-corrected chi connectivity index (χ0v) is 20.9.